The molecule has 0 unspecified atom stereocenters. The van der Waals surface area contributed by atoms with Gasteiger partial charge in [-0.15, -0.1) is 10.2 Å². The van der Waals surface area contributed by atoms with Crippen molar-refractivity contribution in [2.45, 2.75) is 13.5 Å². The predicted molar refractivity (Wildman–Crippen MR) is 51.1 cm³/mol. The van der Waals surface area contributed by atoms with Crippen molar-refractivity contribution in [1.82, 2.24) is 24.7 Å². The van der Waals surface area contributed by atoms with Gasteiger partial charge in [0.05, 0.1) is 0 Å². The van der Waals surface area contributed by atoms with Gasteiger partial charge in [-0.25, -0.2) is 9.97 Å². The highest BCUT2D eigenvalue weighted by Crippen LogP contribution is 2.17. The van der Waals surface area contributed by atoms with Crippen molar-refractivity contribution >= 4 is 5.82 Å². The zero-order chi connectivity index (χ0) is 9.97. The zero-order valence-corrected chi connectivity index (χ0v) is 7.75. The van der Waals surface area contributed by atoms with Crippen molar-refractivity contribution < 1.29 is 0 Å². The highest BCUT2D eigenvalue weighted by Gasteiger charge is 2.10. The van der Waals surface area contributed by atoms with Crippen LogP contribution in [0.4, 0.5) is 5.82 Å². The highest BCUT2D eigenvalue weighted by atomic mass is 15.3. The summed E-state index contributed by atoms with van der Waals surface area (Å²) in [7, 11) is 0. The molecule has 6 nitrogen and oxygen atoms in total. The molecule has 72 valence electrons. The number of aryl methyl sites for hydroxylation is 1. The number of anilines is 1. The lowest BCUT2D eigenvalue weighted by Gasteiger charge is -2.03. The Kier molecular flexibility index (Phi) is 2.10. The number of nitrogens with zero attached hydrogens (tertiary/aromatic N) is 5. The maximum Gasteiger partial charge on any atom is 0.186 e. The Morgan fingerprint density at radius 2 is 2.14 bits per heavy atom. The van der Waals surface area contributed by atoms with Gasteiger partial charge in [-0.3, -0.25) is 0 Å². The summed E-state index contributed by atoms with van der Waals surface area (Å²) in [6, 6.07) is 0. The van der Waals surface area contributed by atoms with E-state index in [4.69, 9.17) is 5.73 Å². The fraction of sp³-hybridized carbons (Fsp3) is 0.250. The summed E-state index contributed by atoms with van der Waals surface area (Å²) in [5, 5.41) is 7.75. The third-order valence-corrected chi connectivity index (χ3v) is 1.89. The summed E-state index contributed by atoms with van der Waals surface area (Å²) >= 11 is 0. The Balaban J connectivity index is 2.54. The van der Waals surface area contributed by atoms with Gasteiger partial charge in [0.25, 0.3) is 0 Å². The molecule has 0 aliphatic heterocycles. The first-order valence-corrected chi connectivity index (χ1v) is 4.27. The molecule has 0 radical (unpaired) electrons. The molecule has 0 aliphatic rings. The van der Waals surface area contributed by atoms with Gasteiger partial charge in [0, 0.05) is 18.9 Å². The SMILES string of the molecule is CCn1cnnc1-c1nccnc1N. The largest absolute Gasteiger partial charge is 0.382 e. The Bertz CT molecular complexity index is 435. The van der Waals surface area contributed by atoms with Crippen LogP contribution in [-0.4, -0.2) is 24.7 Å². The van der Waals surface area contributed by atoms with Crippen LogP contribution in [0.15, 0.2) is 18.7 Å². The van der Waals surface area contributed by atoms with E-state index in [0.717, 1.165) is 6.54 Å². The topological polar surface area (TPSA) is 82.5 Å². The Hall–Kier alpha value is -1.98. The number of rotatable bonds is 2. The molecule has 2 N–H and O–H groups in total. The number of aromatic nitrogens is 5. The van der Waals surface area contributed by atoms with E-state index >= 15 is 0 Å². The van der Waals surface area contributed by atoms with Crippen LogP contribution in [0.1, 0.15) is 6.92 Å². The minimum atomic E-state index is 0.371. The third-order valence-electron chi connectivity index (χ3n) is 1.89. The molecule has 6 heteroatoms. The Morgan fingerprint density at radius 3 is 2.86 bits per heavy atom. The normalized spacial score (nSPS) is 10.4. The van der Waals surface area contributed by atoms with Crippen LogP contribution in [-0.2, 0) is 6.54 Å². The van der Waals surface area contributed by atoms with Crippen molar-refractivity contribution in [3.8, 4) is 11.5 Å². The molecule has 2 rings (SSSR count). The van der Waals surface area contributed by atoms with Crippen LogP contribution in [0, 0.1) is 0 Å². The number of hydrogen-bond donors (Lipinski definition) is 1. The van der Waals surface area contributed by atoms with Crippen LogP contribution >= 0.6 is 0 Å². The lowest BCUT2D eigenvalue weighted by atomic mass is 10.4. The van der Waals surface area contributed by atoms with Gasteiger partial charge in [-0.2, -0.15) is 0 Å². The summed E-state index contributed by atoms with van der Waals surface area (Å²) in [5.74, 6) is 1.02. The van der Waals surface area contributed by atoms with E-state index in [-0.39, 0.29) is 0 Å². The summed E-state index contributed by atoms with van der Waals surface area (Å²) in [6.07, 6.45) is 4.77. The second-order valence-electron chi connectivity index (χ2n) is 2.73. The van der Waals surface area contributed by atoms with Gasteiger partial charge in [-0.1, -0.05) is 0 Å². The van der Waals surface area contributed by atoms with Crippen molar-refractivity contribution in [3.63, 3.8) is 0 Å². The third kappa shape index (κ3) is 1.30. The molecule has 2 heterocycles. The minimum absolute atomic E-state index is 0.371. The summed E-state index contributed by atoms with van der Waals surface area (Å²) in [6.45, 7) is 2.78. The molecular weight excluding hydrogens is 180 g/mol. The summed E-state index contributed by atoms with van der Waals surface area (Å²) in [4.78, 5) is 8.06. The van der Waals surface area contributed by atoms with Gasteiger partial charge >= 0.3 is 0 Å². The van der Waals surface area contributed by atoms with Crippen molar-refractivity contribution in [3.05, 3.63) is 18.7 Å². The second-order valence-corrected chi connectivity index (χ2v) is 2.73. The first kappa shape index (κ1) is 8.61. The molecule has 0 amide bonds. The van der Waals surface area contributed by atoms with Gasteiger partial charge in [0.15, 0.2) is 11.6 Å². The number of nitrogens with two attached hydrogens (primary N) is 1. The second kappa shape index (κ2) is 3.41. The van der Waals surface area contributed by atoms with Gasteiger partial charge in [0.2, 0.25) is 0 Å². The molecule has 14 heavy (non-hydrogen) atoms. The Labute approximate surface area is 80.8 Å². The van der Waals surface area contributed by atoms with Gasteiger partial charge in [-0.05, 0) is 6.92 Å². The zero-order valence-electron chi connectivity index (χ0n) is 7.75. The first-order chi connectivity index (χ1) is 6.83. The molecule has 0 saturated carbocycles. The molecule has 0 fully saturated rings. The molecular formula is C8H10N6. The molecule has 0 bridgehead atoms. The van der Waals surface area contributed by atoms with Crippen LogP contribution in [0.5, 0.6) is 0 Å². The number of nitrogen functional groups attached to an aromatic ring is 1. The quantitative estimate of drug-likeness (QED) is 0.738. The van der Waals surface area contributed by atoms with Crippen LogP contribution in [0.3, 0.4) is 0 Å². The lowest BCUT2D eigenvalue weighted by Crippen LogP contribution is -2.02. The first-order valence-electron chi connectivity index (χ1n) is 4.27. The molecule has 2 aromatic heterocycles. The maximum absolute atomic E-state index is 5.68. The van der Waals surface area contributed by atoms with Crippen LogP contribution in [0.25, 0.3) is 11.5 Å². The maximum atomic E-state index is 5.68. The van der Waals surface area contributed by atoms with Gasteiger partial charge in [0.1, 0.15) is 12.0 Å². The van der Waals surface area contributed by atoms with E-state index in [1.54, 1.807) is 18.7 Å². The fourth-order valence-electron chi connectivity index (χ4n) is 1.19. The smallest absolute Gasteiger partial charge is 0.186 e. The monoisotopic (exact) mass is 190 g/mol. The van der Waals surface area contributed by atoms with Crippen LogP contribution in [0.2, 0.25) is 0 Å². The van der Waals surface area contributed by atoms with E-state index in [1.807, 2.05) is 11.5 Å². The molecule has 2 aromatic rings. The van der Waals surface area contributed by atoms with E-state index in [0.29, 0.717) is 17.3 Å². The lowest BCUT2D eigenvalue weighted by molar-refractivity contribution is 0.764. The fourth-order valence-corrected chi connectivity index (χ4v) is 1.19. The molecule has 0 spiro atoms. The van der Waals surface area contributed by atoms with Gasteiger partial charge < -0.3 is 10.3 Å². The Morgan fingerprint density at radius 1 is 1.36 bits per heavy atom. The van der Waals surface area contributed by atoms with E-state index in [9.17, 15) is 0 Å². The summed E-state index contributed by atoms with van der Waals surface area (Å²) in [5.41, 5.74) is 6.26. The van der Waals surface area contributed by atoms with E-state index < -0.39 is 0 Å². The van der Waals surface area contributed by atoms with E-state index in [1.165, 1.54) is 0 Å². The molecule has 0 aromatic carbocycles. The minimum Gasteiger partial charge on any atom is -0.382 e. The average molecular weight is 190 g/mol. The van der Waals surface area contributed by atoms with Crippen molar-refractivity contribution in [1.29, 1.82) is 0 Å². The molecule has 0 saturated heterocycles. The molecule has 0 atom stereocenters. The predicted octanol–water partition coefficient (Wildman–Crippen LogP) is 0.337. The van der Waals surface area contributed by atoms with E-state index in [2.05, 4.69) is 20.2 Å². The average Bonchev–Trinajstić information content (AvgIpc) is 2.66. The number of hydrogen-bond acceptors (Lipinski definition) is 5. The standard InChI is InChI=1S/C8H10N6/c1-2-14-5-12-13-8(14)6-7(9)11-4-3-10-6/h3-5H,2H2,1H3,(H2,9,11). The summed E-state index contributed by atoms with van der Waals surface area (Å²) < 4.78 is 1.86. The van der Waals surface area contributed by atoms with Crippen molar-refractivity contribution in [2.75, 3.05) is 5.73 Å². The highest BCUT2D eigenvalue weighted by molar-refractivity contribution is 5.62. The van der Waals surface area contributed by atoms with Crippen LogP contribution < -0.4 is 5.73 Å². The molecule has 0 aliphatic carbocycles. The van der Waals surface area contributed by atoms with Crippen molar-refractivity contribution in [2.24, 2.45) is 0 Å².